The first kappa shape index (κ1) is 15.0. The topological polar surface area (TPSA) is 12.0 Å². The van der Waals surface area contributed by atoms with Crippen molar-refractivity contribution in [1.82, 2.24) is 5.32 Å². The molecule has 1 aliphatic rings. The molecule has 1 nitrogen and oxygen atoms in total. The molecule has 0 atom stereocenters. The average Bonchev–Trinajstić information content (AvgIpc) is 2.60. The largest absolute Gasteiger partial charge is 0.314 e. The Balaban J connectivity index is 2.65. The molecule has 0 aromatic heterocycles. The molecule has 0 spiro atoms. The molecule has 0 unspecified atom stereocenters. The van der Waals surface area contributed by atoms with Gasteiger partial charge in [-0.2, -0.15) is 0 Å². The van der Waals surface area contributed by atoms with Crippen molar-refractivity contribution in [3.8, 4) is 0 Å². The van der Waals surface area contributed by atoms with Gasteiger partial charge in [0.25, 0.3) is 0 Å². The second kappa shape index (κ2) is 7.41. The fourth-order valence-electron chi connectivity index (χ4n) is 3.52. The minimum atomic E-state index is 0.564. The van der Waals surface area contributed by atoms with Crippen LogP contribution in [0.4, 0.5) is 0 Å². The second-order valence-electron chi connectivity index (χ2n) is 6.29. The summed E-state index contributed by atoms with van der Waals surface area (Å²) in [6.07, 6.45) is 11.5. The molecule has 0 aliphatic heterocycles. The fourth-order valence-corrected chi connectivity index (χ4v) is 3.52. The lowest BCUT2D eigenvalue weighted by Crippen LogP contribution is -2.42. The molecule has 0 amide bonds. The molecule has 1 fully saturated rings. The van der Waals surface area contributed by atoms with Gasteiger partial charge in [-0.1, -0.05) is 53.4 Å². The third kappa shape index (κ3) is 4.28. The van der Waals surface area contributed by atoms with Crippen LogP contribution in [-0.2, 0) is 0 Å². The molecule has 0 bridgehead atoms. The van der Waals surface area contributed by atoms with Crippen molar-refractivity contribution < 1.29 is 0 Å². The van der Waals surface area contributed by atoms with Gasteiger partial charge in [0.15, 0.2) is 0 Å². The van der Waals surface area contributed by atoms with Crippen LogP contribution in [0.25, 0.3) is 0 Å². The van der Waals surface area contributed by atoms with Gasteiger partial charge in [-0.25, -0.2) is 0 Å². The van der Waals surface area contributed by atoms with E-state index in [0.717, 1.165) is 5.92 Å². The van der Waals surface area contributed by atoms with Crippen LogP contribution in [0.2, 0.25) is 0 Å². The Kier molecular flexibility index (Phi) is 6.54. The Bertz CT molecular complexity index is 186. The van der Waals surface area contributed by atoms with E-state index in [2.05, 4.69) is 33.0 Å². The van der Waals surface area contributed by atoms with Gasteiger partial charge < -0.3 is 5.32 Å². The minimum Gasteiger partial charge on any atom is -0.314 e. The molecule has 1 aliphatic carbocycles. The molecule has 1 rings (SSSR count). The summed E-state index contributed by atoms with van der Waals surface area (Å²) in [5, 5.41) is 3.71. The Hall–Kier alpha value is -0.0400. The molecule has 1 heteroatoms. The third-order valence-electron chi connectivity index (χ3n) is 4.99. The summed E-state index contributed by atoms with van der Waals surface area (Å²) in [6.45, 7) is 10.6. The summed E-state index contributed by atoms with van der Waals surface area (Å²) in [5.41, 5.74) is 0.564. The molecular formula is C16H33N. The van der Waals surface area contributed by atoms with Crippen LogP contribution in [0.15, 0.2) is 0 Å². The van der Waals surface area contributed by atoms with Crippen LogP contribution in [0, 0.1) is 11.3 Å². The summed E-state index contributed by atoms with van der Waals surface area (Å²) >= 11 is 0. The molecular weight excluding hydrogens is 206 g/mol. The van der Waals surface area contributed by atoms with Gasteiger partial charge in [0.1, 0.15) is 0 Å². The number of nitrogens with one attached hydrogen (secondary N) is 1. The predicted octanol–water partition coefficient (Wildman–Crippen LogP) is 4.76. The predicted molar refractivity (Wildman–Crippen MR) is 77.3 cm³/mol. The smallest absolute Gasteiger partial charge is 0.00126 e. The monoisotopic (exact) mass is 239 g/mol. The summed E-state index contributed by atoms with van der Waals surface area (Å²) in [7, 11) is 0. The van der Waals surface area contributed by atoms with Gasteiger partial charge in [-0.05, 0) is 37.0 Å². The number of hydrogen-bond acceptors (Lipinski definition) is 1. The van der Waals surface area contributed by atoms with Crippen molar-refractivity contribution in [1.29, 1.82) is 0 Å². The molecule has 17 heavy (non-hydrogen) atoms. The van der Waals surface area contributed by atoms with E-state index in [1.54, 1.807) is 0 Å². The van der Waals surface area contributed by atoms with Crippen molar-refractivity contribution in [3.63, 3.8) is 0 Å². The maximum Gasteiger partial charge on any atom is 0.00126 e. The highest BCUT2D eigenvalue weighted by molar-refractivity contribution is 4.88. The molecule has 0 aromatic carbocycles. The van der Waals surface area contributed by atoms with E-state index >= 15 is 0 Å². The highest BCUT2D eigenvalue weighted by Crippen LogP contribution is 2.42. The zero-order chi connectivity index (χ0) is 12.7. The Morgan fingerprint density at radius 2 is 1.53 bits per heavy atom. The SMILES string of the molecule is CCC(CC)(CNC(C)C)C1CCCCCC1. The highest BCUT2D eigenvalue weighted by atomic mass is 14.9. The molecule has 0 aromatic rings. The van der Waals surface area contributed by atoms with Crippen LogP contribution in [0.3, 0.4) is 0 Å². The second-order valence-corrected chi connectivity index (χ2v) is 6.29. The van der Waals surface area contributed by atoms with Gasteiger partial charge >= 0.3 is 0 Å². The Labute approximate surface area is 109 Å². The van der Waals surface area contributed by atoms with Crippen LogP contribution in [0.5, 0.6) is 0 Å². The van der Waals surface area contributed by atoms with Gasteiger partial charge in [0.2, 0.25) is 0 Å². The molecule has 1 N–H and O–H groups in total. The zero-order valence-corrected chi connectivity index (χ0v) is 12.5. The van der Waals surface area contributed by atoms with Gasteiger partial charge in [0.05, 0.1) is 0 Å². The molecule has 102 valence electrons. The summed E-state index contributed by atoms with van der Waals surface area (Å²) < 4.78 is 0. The van der Waals surface area contributed by atoms with E-state index in [0.29, 0.717) is 11.5 Å². The van der Waals surface area contributed by atoms with Crippen molar-refractivity contribution in [2.75, 3.05) is 6.54 Å². The van der Waals surface area contributed by atoms with Crippen LogP contribution >= 0.6 is 0 Å². The van der Waals surface area contributed by atoms with E-state index in [4.69, 9.17) is 0 Å². The lowest BCUT2D eigenvalue weighted by molar-refractivity contribution is 0.119. The van der Waals surface area contributed by atoms with Crippen molar-refractivity contribution in [3.05, 3.63) is 0 Å². The first-order valence-electron chi connectivity index (χ1n) is 7.88. The third-order valence-corrected chi connectivity index (χ3v) is 4.99. The maximum atomic E-state index is 3.71. The van der Waals surface area contributed by atoms with E-state index < -0.39 is 0 Å². The van der Waals surface area contributed by atoms with Crippen molar-refractivity contribution in [2.45, 2.75) is 85.1 Å². The molecule has 0 heterocycles. The highest BCUT2D eigenvalue weighted by Gasteiger charge is 2.35. The lowest BCUT2D eigenvalue weighted by atomic mass is 9.68. The van der Waals surface area contributed by atoms with Gasteiger partial charge in [-0.3, -0.25) is 0 Å². The molecule has 0 radical (unpaired) electrons. The zero-order valence-electron chi connectivity index (χ0n) is 12.5. The van der Waals surface area contributed by atoms with E-state index in [9.17, 15) is 0 Å². The quantitative estimate of drug-likeness (QED) is 0.659. The van der Waals surface area contributed by atoms with Crippen molar-refractivity contribution >= 4 is 0 Å². The van der Waals surface area contributed by atoms with Gasteiger partial charge in [0, 0.05) is 12.6 Å². The van der Waals surface area contributed by atoms with Crippen LogP contribution < -0.4 is 5.32 Å². The van der Waals surface area contributed by atoms with Crippen molar-refractivity contribution in [2.24, 2.45) is 11.3 Å². The normalized spacial score (nSPS) is 19.6. The summed E-state index contributed by atoms with van der Waals surface area (Å²) in [4.78, 5) is 0. The molecule has 0 saturated heterocycles. The Morgan fingerprint density at radius 3 is 1.94 bits per heavy atom. The summed E-state index contributed by atoms with van der Waals surface area (Å²) in [6, 6.07) is 0.623. The standard InChI is InChI=1S/C16H33N/c1-5-16(6-2,13-17-14(3)4)15-11-9-7-8-10-12-15/h14-15,17H,5-13H2,1-4H3. The first-order chi connectivity index (χ1) is 8.14. The lowest BCUT2D eigenvalue weighted by Gasteiger charge is -2.40. The van der Waals surface area contributed by atoms with E-state index in [-0.39, 0.29) is 0 Å². The van der Waals surface area contributed by atoms with E-state index in [1.807, 2.05) is 0 Å². The fraction of sp³-hybridized carbons (Fsp3) is 1.00. The maximum absolute atomic E-state index is 3.71. The van der Waals surface area contributed by atoms with E-state index in [1.165, 1.54) is 57.9 Å². The first-order valence-corrected chi connectivity index (χ1v) is 7.88. The van der Waals surface area contributed by atoms with Gasteiger partial charge in [-0.15, -0.1) is 0 Å². The van der Waals surface area contributed by atoms with Crippen LogP contribution in [0.1, 0.15) is 79.1 Å². The van der Waals surface area contributed by atoms with Crippen LogP contribution in [-0.4, -0.2) is 12.6 Å². The summed E-state index contributed by atoms with van der Waals surface area (Å²) in [5.74, 6) is 0.964. The molecule has 1 saturated carbocycles. The number of rotatable bonds is 6. The minimum absolute atomic E-state index is 0.564. The number of hydrogen-bond donors (Lipinski definition) is 1. The average molecular weight is 239 g/mol. The Morgan fingerprint density at radius 1 is 1.00 bits per heavy atom.